The Morgan fingerprint density at radius 2 is 2.09 bits per heavy atom. The summed E-state index contributed by atoms with van der Waals surface area (Å²) in [6.45, 7) is 7.10. The van der Waals surface area contributed by atoms with Crippen molar-refractivity contribution >= 4 is 39.4 Å². The number of fused-ring (bicyclic) bond motifs is 1. The summed E-state index contributed by atoms with van der Waals surface area (Å²) in [5.41, 5.74) is 0.444. The normalized spacial score (nSPS) is 16.8. The van der Waals surface area contributed by atoms with Crippen molar-refractivity contribution in [2.75, 3.05) is 13.1 Å². The molecule has 0 spiro atoms. The van der Waals surface area contributed by atoms with Gasteiger partial charge in [-0.25, -0.2) is 9.78 Å². The van der Waals surface area contributed by atoms with E-state index in [1.54, 1.807) is 22.4 Å². The highest BCUT2D eigenvalue weighted by Crippen LogP contribution is 2.35. The number of carbonyl (C=O) groups excluding carboxylic acids is 1. The maximum absolute atomic E-state index is 12.1. The lowest BCUT2D eigenvalue weighted by molar-refractivity contribution is 0.0205. The highest BCUT2D eigenvalue weighted by Gasteiger charge is 2.28. The van der Waals surface area contributed by atoms with E-state index in [9.17, 15) is 4.79 Å². The Morgan fingerprint density at radius 3 is 2.74 bits per heavy atom. The molecule has 1 fully saturated rings. The second-order valence-corrected chi connectivity index (χ2v) is 8.22. The molecule has 0 bridgehead atoms. The maximum atomic E-state index is 12.1. The Bertz CT molecular complexity index is 718. The van der Waals surface area contributed by atoms with Gasteiger partial charge in [-0.1, -0.05) is 11.6 Å². The molecule has 0 radical (unpaired) electrons. The van der Waals surface area contributed by atoms with Crippen LogP contribution in [0.3, 0.4) is 0 Å². The van der Waals surface area contributed by atoms with Crippen LogP contribution in [0.4, 0.5) is 4.79 Å². The fraction of sp³-hybridized carbons (Fsp3) is 0.562. The molecule has 3 rings (SSSR count). The van der Waals surface area contributed by atoms with Crippen LogP contribution in [-0.4, -0.2) is 39.7 Å². The molecule has 2 aromatic rings. The number of nitrogens with zero attached hydrogens (tertiary/aromatic N) is 3. The number of carbonyl (C=O) groups is 1. The van der Waals surface area contributed by atoms with Crippen molar-refractivity contribution in [3.05, 3.63) is 22.3 Å². The minimum absolute atomic E-state index is 0.220. The van der Waals surface area contributed by atoms with Gasteiger partial charge in [-0.15, -0.1) is 11.3 Å². The minimum Gasteiger partial charge on any atom is -0.444 e. The Morgan fingerprint density at radius 1 is 1.39 bits per heavy atom. The highest BCUT2D eigenvalue weighted by molar-refractivity contribution is 7.18. The van der Waals surface area contributed by atoms with E-state index in [1.807, 2.05) is 20.8 Å². The number of ether oxygens (including phenoxy) is 1. The van der Waals surface area contributed by atoms with Gasteiger partial charge < -0.3 is 9.64 Å². The highest BCUT2D eigenvalue weighted by atomic mass is 35.5. The fourth-order valence-electron chi connectivity index (χ4n) is 2.69. The Kier molecular flexibility index (Phi) is 4.47. The van der Waals surface area contributed by atoms with Gasteiger partial charge in [0.05, 0.1) is 6.20 Å². The van der Waals surface area contributed by atoms with Crippen molar-refractivity contribution in [3.8, 4) is 0 Å². The monoisotopic (exact) mass is 353 g/mol. The summed E-state index contributed by atoms with van der Waals surface area (Å²) >= 11 is 7.54. The van der Waals surface area contributed by atoms with E-state index >= 15 is 0 Å². The van der Waals surface area contributed by atoms with Gasteiger partial charge in [0.15, 0.2) is 0 Å². The first kappa shape index (κ1) is 16.5. The van der Waals surface area contributed by atoms with Gasteiger partial charge in [-0.2, -0.15) is 0 Å². The summed E-state index contributed by atoms with van der Waals surface area (Å²) in [7, 11) is 0. The predicted molar refractivity (Wildman–Crippen MR) is 92.2 cm³/mol. The van der Waals surface area contributed by atoms with E-state index < -0.39 is 5.60 Å². The number of hydrogen-bond acceptors (Lipinski definition) is 5. The van der Waals surface area contributed by atoms with Crippen LogP contribution in [0.15, 0.2) is 12.3 Å². The molecular weight excluding hydrogens is 334 g/mol. The first-order valence-corrected chi connectivity index (χ1v) is 8.91. The zero-order valence-electron chi connectivity index (χ0n) is 13.5. The second-order valence-electron chi connectivity index (χ2n) is 6.77. The largest absolute Gasteiger partial charge is 0.444 e. The number of amides is 1. The quantitative estimate of drug-likeness (QED) is 0.759. The third kappa shape index (κ3) is 3.93. The molecule has 1 saturated heterocycles. The van der Waals surface area contributed by atoms with Crippen molar-refractivity contribution in [2.24, 2.45) is 0 Å². The molecule has 2 aromatic heterocycles. The van der Waals surface area contributed by atoms with E-state index in [-0.39, 0.29) is 6.09 Å². The van der Waals surface area contributed by atoms with E-state index in [2.05, 4.69) is 16.0 Å². The third-order valence-corrected chi connectivity index (χ3v) is 5.14. The summed E-state index contributed by atoms with van der Waals surface area (Å²) in [4.78, 5) is 24.7. The minimum atomic E-state index is -0.448. The molecule has 1 amide bonds. The molecule has 23 heavy (non-hydrogen) atoms. The molecule has 124 valence electrons. The Labute approximate surface area is 144 Å². The molecular formula is C16H20ClN3O2S. The van der Waals surface area contributed by atoms with Gasteiger partial charge in [-0.3, -0.25) is 4.98 Å². The van der Waals surface area contributed by atoms with E-state index in [4.69, 9.17) is 16.3 Å². The van der Waals surface area contributed by atoms with Crippen molar-refractivity contribution in [3.63, 3.8) is 0 Å². The molecule has 0 aliphatic carbocycles. The van der Waals surface area contributed by atoms with Crippen LogP contribution < -0.4 is 0 Å². The fourth-order valence-corrected chi connectivity index (χ4v) is 4.03. The summed E-state index contributed by atoms with van der Waals surface area (Å²) in [5.74, 6) is 0.438. The standard InChI is InChI=1S/C16H20ClN3O2S/c1-16(2,3)22-15(21)20-6-4-10(5-7-20)12-8-11-14(23-12)19-13(17)9-18-11/h8-10H,4-7H2,1-3H3. The number of thiophene rings is 1. The summed E-state index contributed by atoms with van der Waals surface area (Å²) < 4.78 is 5.43. The van der Waals surface area contributed by atoms with E-state index in [0.717, 1.165) is 36.3 Å². The van der Waals surface area contributed by atoms with Crippen molar-refractivity contribution in [2.45, 2.75) is 45.1 Å². The topological polar surface area (TPSA) is 55.3 Å². The zero-order valence-corrected chi connectivity index (χ0v) is 15.1. The summed E-state index contributed by atoms with van der Waals surface area (Å²) in [6.07, 6.45) is 3.22. The lowest BCUT2D eigenvalue weighted by Gasteiger charge is -2.33. The van der Waals surface area contributed by atoms with Crippen molar-refractivity contribution in [1.82, 2.24) is 14.9 Å². The summed E-state index contributed by atoms with van der Waals surface area (Å²) in [6, 6.07) is 2.09. The van der Waals surface area contributed by atoms with Crippen LogP contribution in [0.2, 0.25) is 5.15 Å². The number of piperidine rings is 1. The molecule has 3 heterocycles. The SMILES string of the molecule is CC(C)(C)OC(=O)N1CCC(c2cc3ncc(Cl)nc3s2)CC1. The van der Waals surface area contributed by atoms with Gasteiger partial charge in [0.2, 0.25) is 0 Å². The van der Waals surface area contributed by atoms with Crippen molar-refractivity contribution < 1.29 is 9.53 Å². The number of likely N-dealkylation sites (tertiary alicyclic amines) is 1. The molecule has 0 N–H and O–H groups in total. The average Bonchev–Trinajstić information content (AvgIpc) is 2.88. The van der Waals surface area contributed by atoms with Gasteiger partial charge >= 0.3 is 6.09 Å². The van der Waals surface area contributed by atoms with Crippen LogP contribution in [0.25, 0.3) is 10.3 Å². The molecule has 0 saturated carbocycles. The average molecular weight is 354 g/mol. The van der Waals surface area contributed by atoms with Gasteiger partial charge in [0, 0.05) is 18.0 Å². The number of rotatable bonds is 1. The van der Waals surface area contributed by atoms with Crippen molar-refractivity contribution in [1.29, 1.82) is 0 Å². The first-order chi connectivity index (χ1) is 10.8. The van der Waals surface area contributed by atoms with E-state index in [0.29, 0.717) is 11.1 Å². The van der Waals surface area contributed by atoms with Crippen LogP contribution in [0.5, 0.6) is 0 Å². The van der Waals surface area contributed by atoms with Gasteiger partial charge in [0.1, 0.15) is 21.1 Å². The first-order valence-electron chi connectivity index (χ1n) is 7.72. The van der Waals surface area contributed by atoms with Crippen LogP contribution in [0, 0.1) is 0 Å². The second kappa shape index (κ2) is 6.24. The smallest absolute Gasteiger partial charge is 0.410 e. The van der Waals surface area contributed by atoms with Crippen LogP contribution in [-0.2, 0) is 4.74 Å². The number of hydrogen-bond donors (Lipinski definition) is 0. The van der Waals surface area contributed by atoms with Gasteiger partial charge in [-0.05, 0) is 45.6 Å². The molecule has 0 aromatic carbocycles. The Hall–Kier alpha value is -1.40. The third-order valence-electron chi connectivity index (χ3n) is 3.78. The molecule has 5 nitrogen and oxygen atoms in total. The zero-order chi connectivity index (χ0) is 16.6. The number of aromatic nitrogens is 2. The lowest BCUT2D eigenvalue weighted by Crippen LogP contribution is -2.41. The van der Waals surface area contributed by atoms with Crippen LogP contribution in [0.1, 0.15) is 44.4 Å². The Balaban J connectivity index is 1.65. The molecule has 7 heteroatoms. The molecule has 1 aliphatic rings. The molecule has 1 aliphatic heterocycles. The summed E-state index contributed by atoms with van der Waals surface area (Å²) in [5, 5.41) is 0.422. The number of halogens is 1. The predicted octanol–water partition coefficient (Wildman–Crippen LogP) is 4.46. The molecule has 0 atom stereocenters. The maximum Gasteiger partial charge on any atom is 0.410 e. The molecule has 0 unspecified atom stereocenters. The van der Waals surface area contributed by atoms with Crippen LogP contribution >= 0.6 is 22.9 Å². The lowest BCUT2D eigenvalue weighted by atomic mass is 9.95. The van der Waals surface area contributed by atoms with Gasteiger partial charge in [0.25, 0.3) is 0 Å². The van der Waals surface area contributed by atoms with E-state index in [1.165, 1.54) is 4.88 Å².